The molecular formula is C11H17ClN2OS. The van der Waals surface area contributed by atoms with Crippen molar-refractivity contribution in [3.63, 3.8) is 0 Å². The van der Waals surface area contributed by atoms with Crippen LogP contribution in [-0.4, -0.2) is 25.5 Å². The summed E-state index contributed by atoms with van der Waals surface area (Å²) in [6.45, 7) is 4.55. The van der Waals surface area contributed by atoms with Gasteiger partial charge in [0.25, 0.3) is 0 Å². The van der Waals surface area contributed by atoms with Crippen LogP contribution in [0.3, 0.4) is 0 Å². The molecule has 0 fully saturated rings. The van der Waals surface area contributed by atoms with E-state index < -0.39 is 0 Å². The van der Waals surface area contributed by atoms with Crippen LogP contribution in [-0.2, 0) is 4.79 Å². The summed E-state index contributed by atoms with van der Waals surface area (Å²) in [5.41, 5.74) is 0. The van der Waals surface area contributed by atoms with Crippen LogP contribution >= 0.6 is 22.9 Å². The highest BCUT2D eigenvalue weighted by Crippen LogP contribution is 2.27. The number of likely N-dealkylation sites (N-methyl/N-ethyl adjacent to an activating group) is 1. The number of halogens is 1. The zero-order valence-corrected chi connectivity index (χ0v) is 11.3. The van der Waals surface area contributed by atoms with Gasteiger partial charge in [0.05, 0.1) is 10.3 Å². The Morgan fingerprint density at radius 3 is 2.69 bits per heavy atom. The highest BCUT2D eigenvalue weighted by atomic mass is 35.5. The lowest BCUT2D eigenvalue weighted by Crippen LogP contribution is -2.38. The van der Waals surface area contributed by atoms with E-state index in [1.165, 1.54) is 11.3 Å². The van der Waals surface area contributed by atoms with Crippen molar-refractivity contribution in [2.45, 2.75) is 25.8 Å². The van der Waals surface area contributed by atoms with Crippen LogP contribution in [0.5, 0.6) is 0 Å². The lowest BCUT2D eigenvalue weighted by Gasteiger charge is -2.14. The van der Waals surface area contributed by atoms with Crippen molar-refractivity contribution in [3.8, 4) is 0 Å². The van der Waals surface area contributed by atoms with Crippen LogP contribution in [0.25, 0.3) is 0 Å². The van der Waals surface area contributed by atoms with Gasteiger partial charge in [-0.3, -0.25) is 4.79 Å². The summed E-state index contributed by atoms with van der Waals surface area (Å²) < 4.78 is 0.721. The zero-order chi connectivity index (χ0) is 12.1. The fourth-order valence-corrected chi connectivity index (χ4v) is 2.31. The number of hydrogen-bond donors (Lipinski definition) is 2. The molecule has 2 atom stereocenters. The second-order valence-corrected chi connectivity index (χ2v) is 5.55. The Labute approximate surface area is 105 Å². The number of hydrogen-bond acceptors (Lipinski definition) is 3. The number of thiophene rings is 1. The van der Waals surface area contributed by atoms with Gasteiger partial charge >= 0.3 is 0 Å². The third kappa shape index (κ3) is 3.77. The van der Waals surface area contributed by atoms with E-state index in [1.54, 1.807) is 0 Å². The number of carbonyl (C=O) groups is 1. The first-order valence-corrected chi connectivity index (χ1v) is 6.44. The Hall–Kier alpha value is -0.580. The Bertz CT molecular complexity index is 354. The van der Waals surface area contributed by atoms with Gasteiger partial charge in [-0.05, 0) is 33.0 Å². The van der Waals surface area contributed by atoms with Gasteiger partial charge in [-0.15, -0.1) is 11.3 Å². The molecular weight excluding hydrogens is 244 g/mol. The summed E-state index contributed by atoms with van der Waals surface area (Å²) in [6, 6.07) is 4.00. The molecule has 0 saturated carbocycles. The maximum atomic E-state index is 11.8. The summed E-state index contributed by atoms with van der Waals surface area (Å²) in [4.78, 5) is 12.8. The predicted molar refractivity (Wildman–Crippen MR) is 69.3 cm³/mol. The van der Waals surface area contributed by atoms with E-state index >= 15 is 0 Å². The summed E-state index contributed by atoms with van der Waals surface area (Å²) >= 11 is 7.29. The minimum Gasteiger partial charge on any atom is -0.354 e. The number of amides is 1. The molecule has 2 unspecified atom stereocenters. The van der Waals surface area contributed by atoms with Crippen LogP contribution in [0.1, 0.15) is 24.6 Å². The highest BCUT2D eigenvalue weighted by Gasteiger charge is 2.17. The second kappa shape index (κ2) is 6.23. The van der Waals surface area contributed by atoms with Crippen molar-refractivity contribution in [1.82, 2.24) is 10.6 Å². The molecule has 2 N–H and O–H groups in total. The van der Waals surface area contributed by atoms with Gasteiger partial charge in [0.15, 0.2) is 0 Å². The molecule has 90 valence electrons. The Morgan fingerprint density at radius 1 is 1.50 bits per heavy atom. The number of nitrogens with one attached hydrogen (secondary N) is 2. The minimum atomic E-state index is -0.137. The Morgan fingerprint density at radius 2 is 2.19 bits per heavy atom. The highest BCUT2D eigenvalue weighted by molar-refractivity contribution is 7.16. The molecule has 1 amide bonds. The largest absolute Gasteiger partial charge is 0.354 e. The standard InChI is InChI=1S/C11H17ClN2OS/c1-7(13-3)6-14-11(15)8(2)9-4-5-10(12)16-9/h4-5,7-8,13H,6H2,1-3H3,(H,14,15). The first kappa shape index (κ1) is 13.5. The summed E-state index contributed by atoms with van der Waals surface area (Å²) in [5.74, 6) is -0.0952. The normalized spacial score (nSPS) is 14.5. The van der Waals surface area contributed by atoms with Gasteiger partial charge in [-0.25, -0.2) is 0 Å². The minimum absolute atomic E-state index is 0.0422. The molecule has 1 rings (SSSR count). The maximum Gasteiger partial charge on any atom is 0.228 e. The molecule has 1 aromatic heterocycles. The third-order valence-electron chi connectivity index (χ3n) is 2.49. The van der Waals surface area contributed by atoms with E-state index in [-0.39, 0.29) is 17.9 Å². The van der Waals surface area contributed by atoms with E-state index in [9.17, 15) is 4.79 Å². The lowest BCUT2D eigenvalue weighted by molar-refractivity contribution is -0.122. The van der Waals surface area contributed by atoms with Crippen LogP contribution in [0.2, 0.25) is 4.34 Å². The predicted octanol–water partition coefficient (Wildman–Crippen LogP) is 2.23. The average Bonchev–Trinajstić information content (AvgIpc) is 2.71. The lowest BCUT2D eigenvalue weighted by atomic mass is 10.1. The maximum absolute atomic E-state index is 11.8. The van der Waals surface area contributed by atoms with Crippen molar-refractivity contribution >= 4 is 28.8 Å². The SMILES string of the molecule is CNC(C)CNC(=O)C(C)c1ccc(Cl)s1. The molecule has 1 aromatic rings. The molecule has 3 nitrogen and oxygen atoms in total. The van der Waals surface area contributed by atoms with Crippen molar-refractivity contribution < 1.29 is 4.79 Å². The van der Waals surface area contributed by atoms with Crippen molar-refractivity contribution in [1.29, 1.82) is 0 Å². The summed E-state index contributed by atoms with van der Waals surface area (Å²) in [5, 5.41) is 5.97. The second-order valence-electron chi connectivity index (χ2n) is 3.80. The fraction of sp³-hybridized carbons (Fsp3) is 0.545. The quantitative estimate of drug-likeness (QED) is 0.853. The third-order valence-corrected chi connectivity index (χ3v) is 3.90. The van der Waals surface area contributed by atoms with E-state index in [4.69, 9.17) is 11.6 Å². The molecule has 0 aliphatic heterocycles. The summed E-state index contributed by atoms with van der Waals surface area (Å²) in [7, 11) is 1.87. The van der Waals surface area contributed by atoms with Crippen LogP contribution in [0.15, 0.2) is 12.1 Å². The van der Waals surface area contributed by atoms with Gasteiger partial charge in [0, 0.05) is 17.5 Å². The molecule has 0 aromatic carbocycles. The van der Waals surface area contributed by atoms with Crippen LogP contribution in [0.4, 0.5) is 0 Å². The molecule has 0 aliphatic rings. The first-order valence-electron chi connectivity index (χ1n) is 5.24. The molecule has 0 spiro atoms. The zero-order valence-electron chi connectivity index (χ0n) is 9.71. The van der Waals surface area contributed by atoms with Crippen molar-refractivity contribution in [2.24, 2.45) is 0 Å². The monoisotopic (exact) mass is 260 g/mol. The first-order chi connectivity index (χ1) is 7.54. The number of carbonyl (C=O) groups excluding carboxylic acids is 1. The van der Waals surface area contributed by atoms with Crippen LogP contribution < -0.4 is 10.6 Å². The Kier molecular flexibility index (Phi) is 5.25. The van der Waals surface area contributed by atoms with Crippen molar-refractivity contribution in [2.75, 3.05) is 13.6 Å². The fourth-order valence-electron chi connectivity index (χ4n) is 1.20. The van der Waals surface area contributed by atoms with E-state index in [0.717, 1.165) is 9.21 Å². The molecule has 1 heterocycles. The average molecular weight is 261 g/mol. The molecule has 0 aliphatic carbocycles. The van der Waals surface area contributed by atoms with Gasteiger partial charge in [0.1, 0.15) is 0 Å². The topological polar surface area (TPSA) is 41.1 Å². The molecule has 16 heavy (non-hydrogen) atoms. The van der Waals surface area contributed by atoms with Gasteiger partial charge in [-0.1, -0.05) is 11.6 Å². The molecule has 0 saturated heterocycles. The van der Waals surface area contributed by atoms with Gasteiger partial charge < -0.3 is 10.6 Å². The molecule has 0 bridgehead atoms. The van der Waals surface area contributed by atoms with E-state index in [1.807, 2.05) is 33.0 Å². The van der Waals surface area contributed by atoms with E-state index in [0.29, 0.717) is 6.54 Å². The molecule has 5 heteroatoms. The van der Waals surface area contributed by atoms with Crippen molar-refractivity contribution in [3.05, 3.63) is 21.3 Å². The Balaban J connectivity index is 2.48. The van der Waals surface area contributed by atoms with Gasteiger partial charge in [0.2, 0.25) is 5.91 Å². The van der Waals surface area contributed by atoms with Crippen LogP contribution in [0, 0.1) is 0 Å². The summed E-state index contributed by atoms with van der Waals surface area (Å²) in [6.07, 6.45) is 0. The number of rotatable bonds is 5. The van der Waals surface area contributed by atoms with Gasteiger partial charge in [-0.2, -0.15) is 0 Å². The van der Waals surface area contributed by atoms with E-state index in [2.05, 4.69) is 10.6 Å². The molecule has 0 radical (unpaired) electrons. The smallest absolute Gasteiger partial charge is 0.228 e.